The highest BCUT2D eigenvalue weighted by atomic mass is 19.4. The second kappa shape index (κ2) is 11.3. The molecule has 0 aliphatic carbocycles. The second-order valence-electron chi connectivity index (χ2n) is 8.68. The van der Waals surface area contributed by atoms with Gasteiger partial charge in [0.15, 0.2) is 0 Å². The maximum Gasteiger partial charge on any atom is 0.573 e. The molecule has 0 radical (unpaired) electrons. The summed E-state index contributed by atoms with van der Waals surface area (Å²) in [5.41, 5.74) is 8.39. The Labute approximate surface area is 212 Å². The van der Waals surface area contributed by atoms with E-state index in [0.717, 1.165) is 5.56 Å². The van der Waals surface area contributed by atoms with Crippen molar-refractivity contribution in [1.82, 2.24) is 4.90 Å². The predicted octanol–water partition coefficient (Wildman–Crippen LogP) is 4.86. The fourth-order valence-corrected chi connectivity index (χ4v) is 4.07. The standard InChI is InChI=1S/C28H26F3N3O3/c29-28(30,31)37-25-8-4-7-22(17-25)21-10-12-24(13-11-21)34(19-27(36)33-16-15-23(32)18-33)26(35)14-9-20-5-2-1-3-6-20/h1-14,17,23H,15-16,18-19,32H2/t23-/m0/s1. The normalized spacial score (nSPS) is 15.7. The molecule has 0 bridgehead atoms. The number of ether oxygens (including phenoxy) is 1. The molecule has 2 amide bonds. The minimum Gasteiger partial charge on any atom is -0.406 e. The van der Waals surface area contributed by atoms with Gasteiger partial charge >= 0.3 is 6.36 Å². The van der Waals surface area contributed by atoms with E-state index in [9.17, 15) is 22.8 Å². The van der Waals surface area contributed by atoms with Gasteiger partial charge in [-0.1, -0.05) is 54.6 Å². The molecule has 37 heavy (non-hydrogen) atoms. The molecular formula is C28H26F3N3O3. The summed E-state index contributed by atoms with van der Waals surface area (Å²) in [5.74, 6) is -0.921. The number of hydrogen-bond acceptors (Lipinski definition) is 4. The molecule has 2 N–H and O–H groups in total. The molecule has 3 aromatic carbocycles. The van der Waals surface area contributed by atoms with E-state index in [4.69, 9.17) is 5.73 Å². The quantitative estimate of drug-likeness (QED) is 0.462. The number of alkyl halides is 3. The molecule has 1 aliphatic rings. The monoisotopic (exact) mass is 509 g/mol. The van der Waals surface area contributed by atoms with Gasteiger partial charge in [0, 0.05) is 30.9 Å². The van der Waals surface area contributed by atoms with E-state index in [-0.39, 0.29) is 30.2 Å². The topological polar surface area (TPSA) is 75.9 Å². The maximum absolute atomic E-state index is 13.2. The lowest BCUT2D eigenvalue weighted by Crippen LogP contribution is -2.42. The van der Waals surface area contributed by atoms with Crippen molar-refractivity contribution in [3.8, 4) is 16.9 Å². The van der Waals surface area contributed by atoms with Gasteiger partial charge in [0.25, 0.3) is 5.91 Å². The smallest absolute Gasteiger partial charge is 0.406 e. The molecule has 0 unspecified atom stereocenters. The third kappa shape index (κ3) is 7.20. The minimum atomic E-state index is -4.79. The van der Waals surface area contributed by atoms with E-state index in [0.29, 0.717) is 36.3 Å². The lowest BCUT2D eigenvalue weighted by molar-refractivity contribution is -0.274. The number of nitrogens with two attached hydrogens (primary N) is 1. The predicted molar refractivity (Wildman–Crippen MR) is 136 cm³/mol. The number of rotatable bonds is 7. The number of hydrogen-bond donors (Lipinski definition) is 1. The summed E-state index contributed by atoms with van der Waals surface area (Å²) in [4.78, 5) is 29.1. The first-order valence-corrected chi connectivity index (χ1v) is 11.7. The van der Waals surface area contributed by atoms with Gasteiger partial charge in [0.05, 0.1) is 0 Å². The molecule has 1 aliphatic heterocycles. The SMILES string of the molecule is N[C@H]1CCN(C(=O)CN(C(=O)C=Cc2ccccc2)c2ccc(-c3cccc(OC(F)(F)F)c3)cc2)C1. The summed E-state index contributed by atoms with van der Waals surface area (Å²) in [6, 6.07) is 21.5. The van der Waals surface area contributed by atoms with E-state index < -0.39 is 6.36 Å². The molecule has 1 atom stereocenters. The number of amides is 2. The first-order chi connectivity index (χ1) is 17.7. The average Bonchev–Trinajstić information content (AvgIpc) is 3.32. The molecule has 9 heteroatoms. The number of carbonyl (C=O) groups is 2. The Morgan fingerprint density at radius 1 is 1.00 bits per heavy atom. The number of carbonyl (C=O) groups excluding carboxylic acids is 2. The maximum atomic E-state index is 13.2. The molecule has 0 saturated carbocycles. The summed E-state index contributed by atoms with van der Waals surface area (Å²) in [6.45, 7) is 0.812. The Hall–Kier alpha value is -4.11. The van der Waals surface area contributed by atoms with Crippen LogP contribution in [0.4, 0.5) is 18.9 Å². The molecule has 3 aromatic rings. The van der Waals surface area contributed by atoms with Crippen LogP contribution in [-0.4, -0.2) is 48.8 Å². The number of likely N-dealkylation sites (tertiary alicyclic amines) is 1. The lowest BCUT2D eigenvalue weighted by atomic mass is 10.0. The Balaban J connectivity index is 1.57. The summed E-state index contributed by atoms with van der Waals surface area (Å²) < 4.78 is 41.8. The van der Waals surface area contributed by atoms with Gasteiger partial charge in [-0.15, -0.1) is 13.2 Å². The van der Waals surface area contributed by atoms with Gasteiger partial charge in [-0.2, -0.15) is 0 Å². The van der Waals surface area contributed by atoms with Crippen molar-refractivity contribution in [2.45, 2.75) is 18.8 Å². The van der Waals surface area contributed by atoms with Crippen molar-refractivity contribution in [1.29, 1.82) is 0 Å². The van der Waals surface area contributed by atoms with E-state index >= 15 is 0 Å². The molecular weight excluding hydrogens is 483 g/mol. The molecule has 6 nitrogen and oxygen atoms in total. The van der Waals surface area contributed by atoms with Crippen LogP contribution in [0.3, 0.4) is 0 Å². The molecule has 4 rings (SSSR count). The van der Waals surface area contributed by atoms with Crippen molar-refractivity contribution in [2.75, 3.05) is 24.5 Å². The van der Waals surface area contributed by atoms with Crippen molar-refractivity contribution >= 4 is 23.6 Å². The first-order valence-electron chi connectivity index (χ1n) is 11.7. The van der Waals surface area contributed by atoms with E-state index in [2.05, 4.69) is 4.74 Å². The van der Waals surface area contributed by atoms with Crippen LogP contribution in [0.5, 0.6) is 5.75 Å². The summed E-state index contributed by atoms with van der Waals surface area (Å²) >= 11 is 0. The largest absolute Gasteiger partial charge is 0.573 e. The van der Waals surface area contributed by atoms with Gasteiger partial charge in [-0.05, 0) is 53.5 Å². The number of nitrogens with zero attached hydrogens (tertiary/aromatic N) is 2. The van der Waals surface area contributed by atoms with Crippen LogP contribution < -0.4 is 15.4 Å². The summed E-state index contributed by atoms with van der Waals surface area (Å²) in [5, 5.41) is 0. The molecule has 0 aromatic heterocycles. The fraction of sp³-hybridized carbons (Fsp3) is 0.214. The van der Waals surface area contributed by atoms with Crippen LogP contribution in [0.15, 0.2) is 84.9 Å². The van der Waals surface area contributed by atoms with Gasteiger partial charge in [0.2, 0.25) is 5.91 Å². The zero-order chi connectivity index (χ0) is 26.4. The molecule has 1 heterocycles. The molecule has 1 fully saturated rings. The number of halogens is 3. The molecule has 192 valence electrons. The Morgan fingerprint density at radius 2 is 1.73 bits per heavy atom. The summed E-state index contributed by atoms with van der Waals surface area (Å²) in [6.07, 6.45) is -1.00. The number of anilines is 1. The summed E-state index contributed by atoms with van der Waals surface area (Å²) in [7, 11) is 0. The average molecular weight is 510 g/mol. The zero-order valence-electron chi connectivity index (χ0n) is 19.9. The number of benzene rings is 3. The minimum absolute atomic E-state index is 0.0811. The highest BCUT2D eigenvalue weighted by molar-refractivity contribution is 6.06. The molecule has 1 saturated heterocycles. The van der Waals surface area contributed by atoms with Gasteiger partial charge in [-0.25, -0.2) is 0 Å². The second-order valence-corrected chi connectivity index (χ2v) is 8.68. The Bertz CT molecular complexity index is 1260. The van der Waals surface area contributed by atoms with Gasteiger partial charge < -0.3 is 15.4 Å². The van der Waals surface area contributed by atoms with Gasteiger partial charge in [-0.3, -0.25) is 14.5 Å². The van der Waals surface area contributed by atoms with Crippen molar-refractivity contribution < 1.29 is 27.5 Å². The van der Waals surface area contributed by atoms with Crippen LogP contribution in [0.25, 0.3) is 17.2 Å². The third-order valence-corrected chi connectivity index (χ3v) is 5.93. The van der Waals surface area contributed by atoms with Crippen LogP contribution in [-0.2, 0) is 9.59 Å². The van der Waals surface area contributed by atoms with Crippen LogP contribution in [0.1, 0.15) is 12.0 Å². The van der Waals surface area contributed by atoms with E-state index in [1.165, 1.54) is 29.2 Å². The highest BCUT2D eigenvalue weighted by Gasteiger charge is 2.31. The first kappa shape index (κ1) is 26.0. The lowest BCUT2D eigenvalue weighted by Gasteiger charge is -2.24. The van der Waals surface area contributed by atoms with E-state index in [1.807, 2.05) is 30.3 Å². The van der Waals surface area contributed by atoms with Crippen LogP contribution in [0, 0.1) is 0 Å². The van der Waals surface area contributed by atoms with Crippen molar-refractivity contribution in [3.05, 3.63) is 90.5 Å². The van der Waals surface area contributed by atoms with Crippen LogP contribution in [0.2, 0.25) is 0 Å². The van der Waals surface area contributed by atoms with Crippen molar-refractivity contribution in [2.24, 2.45) is 5.73 Å². The van der Waals surface area contributed by atoms with Crippen LogP contribution >= 0.6 is 0 Å². The highest BCUT2D eigenvalue weighted by Crippen LogP contribution is 2.29. The van der Waals surface area contributed by atoms with E-state index in [1.54, 1.807) is 41.3 Å². The third-order valence-electron chi connectivity index (χ3n) is 5.93. The zero-order valence-corrected chi connectivity index (χ0v) is 19.9. The Kier molecular flexibility index (Phi) is 7.93. The fourth-order valence-electron chi connectivity index (χ4n) is 4.07. The van der Waals surface area contributed by atoms with Crippen molar-refractivity contribution in [3.63, 3.8) is 0 Å². The van der Waals surface area contributed by atoms with Gasteiger partial charge in [0.1, 0.15) is 12.3 Å². The molecule has 0 spiro atoms. The Morgan fingerprint density at radius 3 is 2.38 bits per heavy atom.